The van der Waals surface area contributed by atoms with E-state index in [0.29, 0.717) is 11.6 Å². The normalized spacial score (nSPS) is 16.9. The molecule has 1 saturated heterocycles. The Hall–Kier alpha value is -1.13. The van der Waals surface area contributed by atoms with Crippen molar-refractivity contribution < 1.29 is 9.18 Å². The van der Waals surface area contributed by atoms with Crippen LogP contribution in [0.1, 0.15) is 36.5 Å². The topological polar surface area (TPSA) is 32.3 Å². The zero-order chi connectivity index (χ0) is 15.2. The average molecular weight is 313 g/mol. The van der Waals surface area contributed by atoms with E-state index in [1.54, 1.807) is 0 Å². The second-order valence-electron chi connectivity index (χ2n) is 5.76. The van der Waals surface area contributed by atoms with Crippen LogP contribution in [0.25, 0.3) is 0 Å². The van der Waals surface area contributed by atoms with Crippen molar-refractivity contribution >= 4 is 17.5 Å². The third-order valence-corrected chi connectivity index (χ3v) is 4.22. The molecule has 2 rings (SSSR count). The first-order chi connectivity index (χ1) is 10.1. The molecule has 0 bridgehead atoms. The zero-order valence-corrected chi connectivity index (χ0v) is 13.1. The maximum Gasteiger partial charge on any atom is 0.254 e. The molecule has 1 heterocycles. The molecule has 0 aliphatic carbocycles. The number of nitrogens with zero attached hydrogens (tertiary/aromatic N) is 1. The Labute approximate surface area is 130 Å². The molecule has 1 aliphatic heterocycles. The van der Waals surface area contributed by atoms with Gasteiger partial charge in [-0.3, -0.25) is 4.79 Å². The molecule has 5 heteroatoms. The molecule has 0 atom stereocenters. The lowest BCUT2D eigenvalue weighted by molar-refractivity contribution is 0.0946. The van der Waals surface area contributed by atoms with E-state index in [1.807, 2.05) is 0 Å². The molecule has 1 amide bonds. The molecule has 3 nitrogen and oxygen atoms in total. The highest BCUT2D eigenvalue weighted by Crippen LogP contribution is 2.16. The summed E-state index contributed by atoms with van der Waals surface area (Å²) in [5.41, 5.74) is 0.0474. The van der Waals surface area contributed by atoms with Gasteiger partial charge in [0.25, 0.3) is 5.91 Å². The second-order valence-corrected chi connectivity index (χ2v) is 6.19. The Morgan fingerprint density at radius 1 is 1.43 bits per heavy atom. The second kappa shape index (κ2) is 7.76. The number of amides is 1. The van der Waals surface area contributed by atoms with Crippen LogP contribution >= 0.6 is 11.6 Å². The molecular weight excluding hydrogens is 291 g/mol. The van der Waals surface area contributed by atoms with Crippen LogP contribution in [0.2, 0.25) is 5.02 Å². The van der Waals surface area contributed by atoms with E-state index in [4.69, 9.17) is 11.6 Å². The Morgan fingerprint density at radius 3 is 2.81 bits per heavy atom. The number of likely N-dealkylation sites (tertiary alicyclic amines) is 1. The number of hydrogen-bond donors (Lipinski definition) is 1. The Morgan fingerprint density at radius 2 is 2.14 bits per heavy atom. The minimum absolute atomic E-state index is 0.0474. The predicted octanol–water partition coefficient (Wildman–Crippen LogP) is 3.33. The minimum atomic E-state index is -0.579. The van der Waals surface area contributed by atoms with Crippen molar-refractivity contribution in [3.05, 3.63) is 34.6 Å². The summed E-state index contributed by atoms with van der Waals surface area (Å²) >= 11 is 5.67. The average Bonchev–Trinajstić information content (AvgIpc) is 2.45. The molecule has 1 aliphatic rings. The molecule has 0 unspecified atom stereocenters. The molecular formula is C16H22ClFN2O. The van der Waals surface area contributed by atoms with Crippen LogP contribution in [0, 0.1) is 11.7 Å². The van der Waals surface area contributed by atoms with Crippen LogP contribution in [0.4, 0.5) is 4.39 Å². The fourth-order valence-corrected chi connectivity index (χ4v) is 2.72. The lowest BCUT2D eigenvalue weighted by Gasteiger charge is -2.30. The standard InChI is InChI=1S/C16H22ClFN2O/c1-12-5-9-20(10-6-12)8-2-7-19-16(21)14-4-3-13(17)11-15(14)18/h3-4,11-12H,2,5-10H2,1H3,(H,19,21). The van der Waals surface area contributed by atoms with Crippen molar-refractivity contribution in [2.45, 2.75) is 26.2 Å². The Balaban J connectivity index is 1.69. The monoisotopic (exact) mass is 312 g/mol. The van der Waals surface area contributed by atoms with E-state index in [2.05, 4.69) is 17.1 Å². The summed E-state index contributed by atoms with van der Waals surface area (Å²) in [4.78, 5) is 14.3. The van der Waals surface area contributed by atoms with Crippen LogP contribution in [0.5, 0.6) is 0 Å². The number of piperidine rings is 1. The maximum atomic E-state index is 13.6. The summed E-state index contributed by atoms with van der Waals surface area (Å²) in [5.74, 6) is -0.129. The smallest absolute Gasteiger partial charge is 0.254 e. The molecule has 0 spiro atoms. The van der Waals surface area contributed by atoms with Gasteiger partial charge in [0.2, 0.25) is 0 Å². The van der Waals surface area contributed by atoms with Crippen molar-refractivity contribution in [3.8, 4) is 0 Å². The van der Waals surface area contributed by atoms with E-state index in [-0.39, 0.29) is 11.5 Å². The number of carbonyl (C=O) groups excluding carboxylic acids is 1. The molecule has 1 aromatic carbocycles. The first-order valence-corrected chi connectivity index (χ1v) is 7.89. The Bertz CT molecular complexity index is 487. The van der Waals surface area contributed by atoms with E-state index in [9.17, 15) is 9.18 Å². The van der Waals surface area contributed by atoms with Crippen molar-refractivity contribution in [1.82, 2.24) is 10.2 Å². The van der Waals surface area contributed by atoms with Gasteiger partial charge >= 0.3 is 0 Å². The number of carbonyl (C=O) groups is 1. The van der Waals surface area contributed by atoms with Crippen molar-refractivity contribution in [1.29, 1.82) is 0 Å². The van der Waals surface area contributed by atoms with E-state index < -0.39 is 5.82 Å². The third kappa shape index (κ3) is 4.97. The largest absolute Gasteiger partial charge is 0.352 e. The molecule has 21 heavy (non-hydrogen) atoms. The molecule has 116 valence electrons. The van der Waals surface area contributed by atoms with Crippen LogP contribution < -0.4 is 5.32 Å². The molecule has 1 fully saturated rings. The Kier molecular flexibility index (Phi) is 6.00. The number of nitrogens with one attached hydrogen (secondary N) is 1. The fourth-order valence-electron chi connectivity index (χ4n) is 2.56. The van der Waals surface area contributed by atoms with Crippen LogP contribution in [-0.2, 0) is 0 Å². The van der Waals surface area contributed by atoms with Crippen LogP contribution in [0.3, 0.4) is 0 Å². The van der Waals surface area contributed by atoms with E-state index in [0.717, 1.165) is 38.0 Å². The van der Waals surface area contributed by atoms with Gasteiger partial charge in [-0.15, -0.1) is 0 Å². The fraction of sp³-hybridized carbons (Fsp3) is 0.562. The number of halogens is 2. The van der Waals surface area contributed by atoms with E-state index >= 15 is 0 Å². The van der Waals surface area contributed by atoms with Crippen LogP contribution in [0.15, 0.2) is 18.2 Å². The number of hydrogen-bond acceptors (Lipinski definition) is 2. The molecule has 0 aromatic heterocycles. The summed E-state index contributed by atoms with van der Waals surface area (Å²) in [6.07, 6.45) is 3.39. The highest BCUT2D eigenvalue weighted by Gasteiger charge is 2.15. The number of benzene rings is 1. The molecule has 1 N–H and O–H groups in total. The predicted molar refractivity (Wildman–Crippen MR) is 83.2 cm³/mol. The lowest BCUT2D eigenvalue weighted by Crippen LogP contribution is -2.35. The highest BCUT2D eigenvalue weighted by atomic mass is 35.5. The third-order valence-electron chi connectivity index (χ3n) is 3.99. The minimum Gasteiger partial charge on any atom is -0.352 e. The zero-order valence-electron chi connectivity index (χ0n) is 12.4. The van der Waals surface area contributed by atoms with Gasteiger partial charge in [-0.05, 0) is 63.0 Å². The van der Waals surface area contributed by atoms with Gasteiger partial charge in [-0.25, -0.2) is 4.39 Å². The quantitative estimate of drug-likeness (QED) is 0.846. The van der Waals surface area contributed by atoms with Gasteiger partial charge in [-0.2, -0.15) is 0 Å². The SMILES string of the molecule is CC1CCN(CCCNC(=O)c2ccc(Cl)cc2F)CC1. The lowest BCUT2D eigenvalue weighted by atomic mass is 9.99. The summed E-state index contributed by atoms with van der Waals surface area (Å²) in [7, 11) is 0. The van der Waals surface area contributed by atoms with Gasteiger partial charge in [-0.1, -0.05) is 18.5 Å². The van der Waals surface area contributed by atoms with Gasteiger partial charge < -0.3 is 10.2 Å². The molecule has 0 saturated carbocycles. The van der Waals surface area contributed by atoms with Crippen molar-refractivity contribution in [2.24, 2.45) is 5.92 Å². The summed E-state index contributed by atoms with van der Waals surface area (Å²) < 4.78 is 13.6. The van der Waals surface area contributed by atoms with Crippen molar-refractivity contribution in [3.63, 3.8) is 0 Å². The highest BCUT2D eigenvalue weighted by molar-refractivity contribution is 6.30. The number of rotatable bonds is 5. The maximum absolute atomic E-state index is 13.6. The first-order valence-electron chi connectivity index (χ1n) is 7.52. The van der Waals surface area contributed by atoms with Gasteiger partial charge in [0, 0.05) is 11.6 Å². The van der Waals surface area contributed by atoms with E-state index in [1.165, 1.54) is 25.0 Å². The summed E-state index contributed by atoms with van der Waals surface area (Å²) in [6.45, 7) is 6.11. The van der Waals surface area contributed by atoms with Crippen LogP contribution in [-0.4, -0.2) is 37.0 Å². The summed E-state index contributed by atoms with van der Waals surface area (Å²) in [5, 5.41) is 3.05. The first kappa shape index (κ1) is 16.2. The van der Waals surface area contributed by atoms with Crippen molar-refractivity contribution in [2.75, 3.05) is 26.2 Å². The molecule has 0 radical (unpaired) electrons. The molecule has 1 aromatic rings. The summed E-state index contributed by atoms with van der Waals surface area (Å²) in [6, 6.07) is 4.10. The van der Waals surface area contributed by atoms with Gasteiger partial charge in [0.1, 0.15) is 5.82 Å². The van der Waals surface area contributed by atoms with Gasteiger partial charge in [0.05, 0.1) is 5.56 Å². The van der Waals surface area contributed by atoms with Gasteiger partial charge in [0.15, 0.2) is 0 Å².